The summed E-state index contributed by atoms with van der Waals surface area (Å²) < 4.78 is 129. The molecule has 58 heavy (non-hydrogen) atoms. The van der Waals surface area contributed by atoms with E-state index in [1.165, 1.54) is 0 Å². The molecule has 1 aliphatic heterocycles. The fraction of sp³-hybridized carbons (Fsp3) is 0.355. The fourth-order valence-electron chi connectivity index (χ4n) is 4.15. The zero-order valence-electron chi connectivity index (χ0n) is 29.3. The lowest BCUT2D eigenvalue weighted by Crippen LogP contribution is -2.46. The van der Waals surface area contributed by atoms with Gasteiger partial charge in [0.05, 0.1) is 17.3 Å². The van der Waals surface area contributed by atoms with Crippen LogP contribution in [0.25, 0.3) is 16.6 Å². The van der Waals surface area contributed by atoms with Gasteiger partial charge < -0.3 is 20.4 Å². The third kappa shape index (κ3) is 17.3. The zero-order chi connectivity index (χ0) is 44.8. The molecule has 0 amide bonds. The van der Waals surface area contributed by atoms with Gasteiger partial charge in [0.25, 0.3) is 0 Å². The number of aryl methyl sites for hydroxylation is 1. The van der Waals surface area contributed by atoms with Crippen LogP contribution in [0.3, 0.4) is 0 Å². The summed E-state index contributed by atoms with van der Waals surface area (Å²) in [5.41, 5.74) is 6.49. The Hall–Kier alpha value is -6.12. The Balaban J connectivity index is 0.000000489. The van der Waals surface area contributed by atoms with Gasteiger partial charge >= 0.3 is 48.6 Å². The lowest BCUT2D eigenvalue weighted by atomic mass is 10.1. The quantitative estimate of drug-likeness (QED) is 0.187. The highest BCUT2D eigenvalue weighted by molar-refractivity contribution is 5.74. The summed E-state index contributed by atoms with van der Waals surface area (Å²) in [5.74, 6) is -11.0. The number of aromatic nitrogens is 5. The number of pyridine rings is 3. The van der Waals surface area contributed by atoms with Crippen LogP contribution in [0.1, 0.15) is 23.1 Å². The van der Waals surface area contributed by atoms with Crippen LogP contribution in [0.2, 0.25) is 0 Å². The highest BCUT2D eigenvalue weighted by Gasteiger charge is 2.40. The molecule has 1 fully saturated rings. The SMILES string of the molecule is Cc1cccc(CN2CCN(C)C(c3nnn4cc(-c5ccncc5)ccc34)C2)n1.O=C(O)C(F)(F)F.O=C(O)C(F)(F)F.O=C(O)C(F)(F)F.O=C(O)C(F)(F)F. The summed E-state index contributed by atoms with van der Waals surface area (Å²) in [6.45, 7) is 5.82. The Morgan fingerprint density at radius 1 is 0.690 bits per heavy atom. The Labute approximate surface area is 316 Å². The molecule has 4 aromatic heterocycles. The highest BCUT2D eigenvalue weighted by Crippen LogP contribution is 2.28. The summed E-state index contributed by atoms with van der Waals surface area (Å²) in [7, 11) is 2.17. The van der Waals surface area contributed by atoms with Gasteiger partial charge in [0.2, 0.25) is 0 Å². The second kappa shape index (κ2) is 20.9. The Bertz CT molecular complexity index is 1880. The van der Waals surface area contributed by atoms with Crippen molar-refractivity contribution in [3.63, 3.8) is 0 Å². The number of aliphatic carboxylic acids is 4. The maximum Gasteiger partial charge on any atom is 0.490 e. The van der Waals surface area contributed by atoms with Gasteiger partial charge in [-0.05, 0) is 49.9 Å². The Morgan fingerprint density at radius 3 is 1.59 bits per heavy atom. The molecule has 1 unspecified atom stereocenters. The summed E-state index contributed by atoms with van der Waals surface area (Å²) in [4.78, 5) is 49.2. The molecular formula is C31H29F12N7O8. The van der Waals surface area contributed by atoms with Crippen molar-refractivity contribution in [2.24, 2.45) is 0 Å². The minimum absolute atomic E-state index is 0.202. The smallest absolute Gasteiger partial charge is 0.475 e. The Morgan fingerprint density at radius 2 is 1.16 bits per heavy atom. The summed E-state index contributed by atoms with van der Waals surface area (Å²) >= 11 is 0. The normalized spacial score (nSPS) is 14.8. The topological polar surface area (TPSA) is 212 Å². The number of rotatable bonds is 4. The van der Waals surface area contributed by atoms with Crippen molar-refractivity contribution in [1.82, 2.24) is 34.6 Å². The molecule has 0 bridgehead atoms. The number of hydrogen-bond acceptors (Lipinski definition) is 10. The van der Waals surface area contributed by atoms with Crippen molar-refractivity contribution in [1.29, 1.82) is 0 Å². The molecule has 5 rings (SSSR count). The van der Waals surface area contributed by atoms with E-state index in [0.29, 0.717) is 0 Å². The molecule has 1 aliphatic rings. The molecule has 0 radical (unpaired) electrons. The first-order chi connectivity index (χ1) is 26.4. The van der Waals surface area contributed by atoms with Crippen molar-refractivity contribution in [3.8, 4) is 11.1 Å². The van der Waals surface area contributed by atoms with Gasteiger partial charge in [0, 0.05) is 56.0 Å². The molecule has 15 nitrogen and oxygen atoms in total. The number of halogens is 12. The molecule has 320 valence electrons. The molecule has 0 aromatic carbocycles. The van der Waals surface area contributed by atoms with E-state index in [1.807, 2.05) is 35.8 Å². The molecule has 1 saturated heterocycles. The van der Waals surface area contributed by atoms with Gasteiger partial charge in [0.1, 0.15) is 5.69 Å². The van der Waals surface area contributed by atoms with E-state index in [9.17, 15) is 52.7 Å². The average Bonchev–Trinajstić information content (AvgIpc) is 3.52. The second-order valence-corrected chi connectivity index (χ2v) is 11.2. The van der Waals surface area contributed by atoms with Crippen LogP contribution in [0.4, 0.5) is 52.7 Å². The predicted octanol–water partition coefficient (Wildman–Crippen LogP) is 5.52. The van der Waals surface area contributed by atoms with E-state index >= 15 is 0 Å². The van der Waals surface area contributed by atoms with Crippen molar-refractivity contribution in [2.45, 2.75) is 44.2 Å². The van der Waals surface area contributed by atoms with Gasteiger partial charge in [-0.1, -0.05) is 17.3 Å². The number of piperazine rings is 1. The number of alkyl halides is 12. The standard InChI is InChI=1S/C23H25N7.4C2HF3O2/c1-17-4-3-5-20(25-17)15-29-13-12-28(2)22(16-29)23-21-7-6-19(14-30(21)27-26-23)18-8-10-24-11-9-18;4*3-2(4,5)1(6)7/h3-11,14,22H,12-13,15-16H2,1-2H3;4*(H,6,7). The third-order valence-corrected chi connectivity index (χ3v) is 6.80. The van der Waals surface area contributed by atoms with E-state index in [4.69, 9.17) is 39.6 Å². The minimum atomic E-state index is -5.08. The zero-order valence-corrected chi connectivity index (χ0v) is 29.3. The lowest BCUT2D eigenvalue weighted by Gasteiger charge is -2.38. The van der Waals surface area contributed by atoms with E-state index in [2.05, 4.69) is 61.4 Å². The van der Waals surface area contributed by atoms with Gasteiger partial charge in [-0.3, -0.25) is 19.8 Å². The number of carboxylic acids is 4. The van der Waals surface area contributed by atoms with Gasteiger partial charge in [0.15, 0.2) is 0 Å². The molecule has 5 heterocycles. The molecule has 27 heteroatoms. The molecule has 0 spiro atoms. The fourth-order valence-corrected chi connectivity index (χ4v) is 4.15. The lowest BCUT2D eigenvalue weighted by molar-refractivity contribution is -0.193. The molecule has 4 aromatic rings. The molecule has 0 aliphatic carbocycles. The monoisotopic (exact) mass is 855 g/mol. The first-order valence-corrected chi connectivity index (χ1v) is 15.3. The number of likely N-dealkylation sites (N-methyl/N-ethyl adjacent to an activating group) is 1. The van der Waals surface area contributed by atoms with Crippen LogP contribution in [0, 0.1) is 6.92 Å². The predicted molar refractivity (Wildman–Crippen MR) is 171 cm³/mol. The molecule has 1 atom stereocenters. The number of hydrogen-bond donors (Lipinski definition) is 4. The molecule has 4 N–H and O–H groups in total. The van der Waals surface area contributed by atoms with Crippen molar-refractivity contribution >= 4 is 29.4 Å². The van der Waals surface area contributed by atoms with E-state index in [1.54, 1.807) is 12.4 Å². The first-order valence-electron chi connectivity index (χ1n) is 15.3. The third-order valence-electron chi connectivity index (χ3n) is 6.80. The maximum absolute atomic E-state index is 10.6. The van der Waals surface area contributed by atoms with E-state index in [-0.39, 0.29) is 6.04 Å². The summed E-state index contributed by atoms with van der Waals surface area (Å²) in [6, 6.07) is 14.7. The van der Waals surface area contributed by atoms with Crippen molar-refractivity contribution < 1.29 is 92.3 Å². The number of nitrogens with zero attached hydrogens (tertiary/aromatic N) is 7. The largest absolute Gasteiger partial charge is 0.490 e. The van der Waals surface area contributed by atoms with Gasteiger partial charge in [-0.15, -0.1) is 5.10 Å². The van der Waals surface area contributed by atoms with Crippen LogP contribution < -0.4 is 0 Å². The highest BCUT2D eigenvalue weighted by atomic mass is 19.4. The summed E-state index contributed by atoms with van der Waals surface area (Å²) in [5, 5.41) is 37.5. The van der Waals surface area contributed by atoms with Crippen LogP contribution in [-0.4, -0.2) is 130 Å². The van der Waals surface area contributed by atoms with Crippen LogP contribution >= 0.6 is 0 Å². The molecular weight excluding hydrogens is 826 g/mol. The van der Waals surface area contributed by atoms with Crippen molar-refractivity contribution in [2.75, 3.05) is 26.7 Å². The van der Waals surface area contributed by atoms with Crippen LogP contribution in [0.15, 0.2) is 61.1 Å². The number of fused-ring (bicyclic) bond motifs is 1. The Kier molecular flexibility index (Phi) is 18.0. The number of carbonyl (C=O) groups is 4. The average molecular weight is 856 g/mol. The second-order valence-electron chi connectivity index (χ2n) is 11.2. The van der Waals surface area contributed by atoms with Gasteiger partial charge in [-0.2, -0.15) is 52.7 Å². The van der Waals surface area contributed by atoms with Crippen LogP contribution in [0.5, 0.6) is 0 Å². The summed E-state index contributed by atoms with van der Waals surface area (Å²) in [6.07, 6.45) is -14.7. The number of carboxylic acid groups (broad SMARTS) is 4. The van der Waals surface area contributed by atoms with E-state index in [0.717, 1.165) is 59.9 Å². The first kappa shape index (κ1) is 49.9. The van der Waals surface area contributed by atoms with Crippen LogP contribution in [-0.2, 0) is 25.7 Å². The van der Waals surface area contributed by atoms with Gasteiger partial charge in [-0.25, -0.2) is 23.7 Å². The minimum Gasteiger partial charge on any atom is -0.475 e. The van der Waals surface area contributed by atoms with Crippen molar-refractivity contribution in [3.05, 3.63) is 78.1 Å². The molecule has 0 saturated carbocycles. The van der Waals surface area contributed by atoms with E-state index < -0.39 is 48.6 Å². The maximum atomic E-state index is 10.6.